The van der Waals surface area contributed by atoms with Gasteiger partial charge in [0, 0.05) is 27.7 Å². The van der Waals surface area contributed by atoms with E-state index in [1.807, 2.05) is 0 Å². The number of esters is 3. The Balaban J connectivity index is 3.47. The molecule has 1 heterocycles. The second kappa shape index (κ2) is 10.5. The van der Waals surface area contributed by atoms with Crippen LogP contribution in [0.4, 0.5) is 0 Å². The highest BCUT2D eigenvalue weighted by atomic mass is 32.2. The smallest absolute Gasteiger partial charge is 0.303 e. The maximum Gasteiger partial charge on any atom is 0.303 e. The van der Waals surface area contributed by atoms with E-state index in [-0.39, 0.29) is 6.61 Å². The molecule has 1 N–H and O–H groups in total. The molecule has 1 rings (SSSR count). The van der Waals surface area contributed by atoms with Crippen molar-refractivity contribution in [3.8, 4) is 0 Å². The summed E-state index contributed by atoms with van der Waals surface area (Å²) in [5, 5.41) is 2.34. The summed E-state index contributed by atoms with van der Waals surface area (Å²) in [6.45, 7) is 5.05. The third-order valence-corrected chi connectivity index (χ3v) is 5.18. The SMILES string of the molecule is CCOS(=O)(=O)[C@H]1O[C@H](COC(C)=O)[C@@H](OC(C)=O)[C@H](OC(C)=O)[C@H]1NC(C)=O. The van der Waals surface area contributed by atoms with E-state index in [1.54, 1.807) is 0 Å². The van der Waals surface area contributed by atoms with Crippen molar-refractivity contribution in [2.24, 2.45) is 0 Å². The van der Waals surface area contributed by atoms with Crippen molar-refractivity contribution < 1.29 is 50.7 Å². The number of hydrogen-bond donors (Lipinski definition) is 1. The number of carbonyl (C=O) groups is 4. The van der Waals surface area contributed by atoms with Gasteiger partial charge in [-0.3, -0.25) is 23.4 Å². The fourth-order valence-electron chi connectivity index (χ4n) is 2.77. The first-order valence-corrected chi connectivity index (χ1v) is 10.1. The first-order valence-electron chi connectivity index (χ1n) is 8.67. The summed E-state index contributed by atoms with van der Waals surface area (Å²) in [6, 6.07) is -1.47. The van der Waals surface area contributed by atoms with Crippen LogP contribution in [0.3, 0.4) is 0 Å². The van der Waals surface area contributed by atoms with Gasteiger partial charge in [-0.25, -0.2) is 0 Å². The Bertz CT molecular complexity index is 735. The molecule has 12 nitrogen and oxygen atoms in total. The van der Waals surface area contributed by atoms with Gasteiger partial charge in [-0.2, -0.15) is 8.42 Å². The van der Waals surface area contributed by atoms with E-state index in [2.05, 4.69) is 5.32 Å². The van der Waals surface area contributed by atoms with Gasteiger partial charge >= 0.3 is 17.9 Å². The lowest BCUT2D eigenvalue weighted by Crippen LogP contribution is -2.67. The largest absolute Gasteiger partial charge is 0.463 e. The molecular weight excluding hydrogens is 414 g/mol. The number of carbonyl (C=O) groups excluding carboxylic acids is 4. The Kier molecular flexibility index (Phi) is 8.98. The first kappa shape index (κ1) is 24.8. The normalized spacial score (nSPS) is 26.9. The molecule has 166 valence electrons. The van der Waals surface area contributed by atoms with Crippen molar-refractivity contribution in [1.29, 1.82) is 0 Å². The molecule has 29 heavy (non-hydrogen) atoms. The van der Waals surface area contributed by atoms with Gasteiger partial charge in [0.25, 0.3) is 10.1 Å². The van der Waals surface area contributed by atoms with Gasteiger partial charge in [0.15, 0.2) is 12.2 Å². The molecule has 0 aromatic carbocycles. The molecule has 0 aliphatic carbocycles. The number of amides is 1. The number of hydrogen-bond acceptors (Lipinski definition) is 11. The van der Waals surface area contributed by atoms with Crippen LogP contribution in [0.15, 0.2) is 0 Å². The molecule has 1 aliphatic rings. The Hall–Kier alpha value is -2.25. The van der Waals surface area contributed by atoms with Gasteiger partial charge in [0.2, 0.25) is 11.3 Å². The quantitative estimate of drug-likeness (QED) is 0.281. The highest BCUT2D eigenvalue weighted by Crippen LogP contribution is 2.30. The van der Waals surface area contributed by atoms with Crippen LogP contribution < -0.4 is 5.32 Å². The lowest BCUT2D eigenvalue weighted by atomic mass is 9.97. The van der Waals surface area contributed by atoms with Crippen LogP contribution in [0.1, 0.15) is 34.6 Å². The van der Waals surface area contributed by atoms with Gasteiger partial charge in [0.05, 0.1) is 6.61 Å². The molecule has 1 aliphatic heterocycles. The van der Waals surface area contributed by atoms with Crippen molar-refractivity contribution in [3.05, 3.63) is 0 Å². The minimum Gasteiger partial charge on any atom is -0.463 e. The van der Waals surface area contributed by atoms with Gasteiger partial charge in [0.1, 0.15) is 18.8 Å². The van der Waals surface area contributed by atoms with E-state index < -0.39 is 70.3 Å². The molecule has 0 unspecified atom stereocenters. The van der Waals surface area contributed by atoms with E-state index in [1.165, 1.54) is 6.92 Å². The highest BCUT2D eigenvalue weighted by molar-refractivity contribution is 7.87. The van der Waals surface area contributed by atoms with Crippen molar-refractivity contribution in [2.75, 3.05) is 13.2 Å². The molecule has 0 radical (unpaired) electrons. The first-order chi connectivity index (χ1) is 13.4. The molecular formula is C16H25NO11S. The summed E-state index contributed by atoms with van der Waals surface area (Å²) in [4.78, 5) is 46.1. The molecule has 5 atom stereocenters. The van der Waals surface area contributed by atoms with E-state index in [0.29, 0.717) is 0 Å². The minimum absolute atomic E-state index is 0.227. The van der Waals surface area contributed by atoms with E-state index in [0.717, 1.165) is 27.7 Å². The van der Waals surface area contributed by atoms with Gasteiger partial charge in [-0.05, 0) is 6.92 Å². The van der Waals surface area contributed by atoms with Crippen molar-refractivity contribution in [2.45, 2.75) is 64.4 Å². The second-order valence-corrected chi connectivity index (χ2v) is 7.81. The average molecular weight is 439 g/mol. The number of nitrogens with one attached hydrogen (secondary N) is 1. The van der Waals surface area contributed by atoms with Crippen molar-refractivity contribution in [1.82, 2.24) is 5.32 Å². The lowest BCUT2D eigenvalue weighted by Gasteiger charge is -2.44. The van der Waals surface area contributed by atoms with Crippen LogP contribution in [0.2, 0.25) is 0 Å². The predicted molar refractivity (Wildman–Crippen MR) is 94.6 cm³/mol. The maximum absolute atomic E-state index is 12.6. The van der Waals surface area contributed by atoms with Crippen LogP contribution in [0.5, 0.6) is 0 Å². The summed E-state index contributed by atoms with van der Waals surface area (Å²) in [6.07, 6.45) is -4.16. The lowest BCUT2D eigenvalue weighted by molar-refractivity contribution is -0.213. The minimum atomic E-state index is -4.43. The predicted octanol–water partition coefficient (Wildman–Crippen LogP) is -0.991. The maximum atomic E-state index is 12.6. The van der Waals surface area contributed by atoms with Crippen LogP contribution >= 0.6 is 0 Å². The van der Waals surface area contributed by atoms with Crippen LogP contribution in [-0.4, -0.2) is 75.2 Å². The second-order valence-electron chi connectivity index (χ2n) is 6.12. The molecule has 0 aromatic heterocycles. The van der Waals surface area contributed by atoms with E-state index >= 15 is 0 Å². The highest BCUT2D eigenvalue weighted by Gasteiger charge is 2.55. The van der Waals surface area contributed by atoms with Gasteiger partial charge < -0.3 is 24.3 Å². The van der Waals surface area contributed by atoms with E-state index in [4.69, 9.17) is 23.1 Å². The third-order valence-electron chi connectivity index (χ3n) is 3.64. The summed E-state index contributed by atoms with van der Waals surface area (Å²) >= 11 is 0. The molecule has 0 aromatic rings. The van der Waals surface area contributed by atoms with Crippen molar-refractivity contribution in [3.63, 3.8) is 0 Å². The Morgan fingerprint density at radius 2 is 1.48 bits per heavy atom. The zero-order valence-electron chi connectivity index (χ0n) is 16.7. The molecule has 13 heteroatoms. The van der Waals surface area contributed by atoms with Gasteiger partial charge in [-0.15, -0.1) is 0 Å². The average Bonchev–Trinajstić information content (AvgIpc) is 2.55. The van der Waals surface area contributed by atoms with Gasteiger partial charge in [-0.1, -0.05) is 0 Å². The zero-order valence-corrected chi connectivity index (χ0v) is 17.5. The standard InChI is InChI=1S/C16H25NO11S/c1-6-25-29(22,23)16-13(17-8(2)18)15(27-11(5)21)14(26-10(4)20)12(28-16)7-24-9(3)19/h12-16H,6-7H2,1-5H3,(H,17,18)/t12-,13-,14-,15-,16-/m1/s1. The molecule has 1 saturated heterocycles. The van der Waals surface area contributed by atoms with E-state index in [9.17, 15) is 27.6 Å². The summed E-state index contributed by atoms with van der Waals surface area (Å²) in [5.74, 6) is -2.99. The summed E-state index contributed by atoms with van der Waals surface area (Å²) in [7, 11) is -4.43. The monoisotopic (exact) mass is 439 g/mol. The number of ether oxygens (including phenoxy) is 4. The molecule has 0 bridgehead atoms. The van der Waals surface area contributed by atoms with Crippen molar-refractivity contribution >= 4 is 33.9 Å². The van der Waals surface area contributed by atoms with Crippen LogP contribution in [0.25, 0.3) is 0 Å². The third kappa shape index (κ3) is 7.25. The molecule has 1 amide bonds. The molecule has 0 spiro atoms. The Morgan fingerprint density at radius 1 is 0.931 bits per heavy atom. The van der Waals surface area contributed by atoms with Crippen LogP contribution in [-0.2, 0) is 52.4 Å². The zero-order chi connectivity index (χ0) is 22.4. The number of rotatable bonds is 8. The fraction of sp³-hybridized carbons (Fsp3) is 0.750. The van der Waals surface area contributed by atoms with Crippen LogP contribution in [0, 0.1) is 0 Å². The fourth-order valence-corrected chi connectivity index (χ4v) is 4.09. The summed E-state index contributed by atoms with van der Waals surface area (Å²) in [5.41, 5.74) is -1.83. The summed E-state index contributed by atoms with van der Waals surface area (Å²) < 4.78 is 50.6. The molecule has 0 saturated carbocycles. The molecule has 1 fully saturated rings. The topological polar surface area (TPSA) is 161 Å². The Labute approximate surface area is 168 Å². The Morgan fingerprint density at radius 3 is 1.93 bits per heavy atom.